The van der Waals surface area contributed by atoms with Crippen LogP contribution in [-0.2, 0) is 4.79 Å². The Kier molecular flexibility index (Phi) is 4.45. The largest absolute Gasteiger partial charge is 0.325 e. The highest BCUT2D eigenvalue weighted by Crippen LogP contribution is 2.21. The summed E-state index contributed by atoms with van der Waals surface area (Å²) < 4.78 is 1.17. The molecule has 1 fully saturated rings. The van der Waals surface area contributed by atoms with Crippen molar-refractivity contribution in [2.24, 2.45) is 5.92 Å². The third-order valence-electron chi connectivity index (χ3n) is 3.26. The van der Waals surface area contributed by atoms with Crippen molar-refractivity contribution in [3.05, 3.63) is 0 Å². The van der Waals surface area contributed by atoms with Crippen molar-refractivity contribution in [3.63, 3.8) is 0 Å². The Morgan fingerprint density at radius 2 is 2.00 bits per heavy atom. The van der Waals surface area contributed by atoms with E-state index in [2.05, 4.69) is 14.0 Å². The van der Waals surface area contributed by atoms with Crippen LogP contribution in [0.3, 0.4) is 0 Å². The molecule has 82 valence electrons. The molecular formula is C11H22NOS+. The lowest BCUT2D eigenvalue weighted by Crippen LogP contribution is -2.50. The summed E-state index contributed by atoms with van der Waals surface area (Å²) in [6.45, 7) is 7.73. The number of carbonyl (C=O) groups excluding carboxylic acids is 1. The lowest BCUT2D eigenvalue weighted by molar-refractivity contribution is -0.912. The van der Waals surface area contributed by atoms with Gasteiger partial charge in [0.15, 0.2) is 5.12 Å². The van der Waals surface area contributed by atoms with E-state index < -0.39 is 0 Å². The molecular weight excluding hydrogens is 194 g/mol. The zero-order valence-corrected chi connectivity index (χ0v) is 10.4. The van der Waals surface area contributed by atoms with E-state index in [-0.39, 0.29) is 5.12 Å². The summed E-state index contributed by atoms with van der Waals surface area (Å²) >= 11 is 1.47. The highest BCUT2D eigenvalue weighted by Gasteiger charge is 2.27. The molecule has 1 saturated heterocycles. The first kappa shape index (κ1) is 12.1. The fourth-order valence-electron chi connectivity index (χ4n) is 1.95. The summed E-state index contributed by atoms with van der Waals surface area (Å²) in [4.78, 5) is 10.8. The van der Waals surface area contributed by atoms with Crippen LogP contribution in [-0.4, -0.2) is 42.0 Å². The van der Waals surface area contributed by atoms with E-state index >= 15 is 0 Å². The summed E-state index contributed by atoms with van der Waals surface area (Å²) in [6.07, 6.45) is 2.70. The SMILES string of the molecule is CC(=O)SCC[N+]1(C)CCC(C)CC1. The average Bonchev–Trinajstić information content (AvgIpc) is 2.10. The molecule has 0 aromatic rings. The van der Waals surface area contributed by atoms with Crippen LogP contribution in [0.1, 0.15) is 26.7 Å². The summed E-state index contributed by atoms with van der Waals surface area (Å²) in [5, 5.41) is 0.252. The van der Waals surface area contributed by atoms with Gasteiger partial charge in [0, 0.05) is 6.92 Å². The van der Waals surface area contributed by atoms with Gasteiger partial charge in [-0.25, -0.2) is 0 Å². The second-order valence-electron chi connectivity index (χ2n) is 4.81. The normalized spacial score (nSPS) is 32.9. The van der Waals surface area contributed by atoms with E-state index in [9.17, 15) is 4.79 Å². The first-order chi connectivity index (χ1) is 6.52. The van der Waals surface area contributed by atoms with Crippen LogP contribution in [0.2, 0.25) is 0 Å². The molecule has 0 N–H and O–H groups in total. The molecule has 0 aromatic carbocycles. The van der Waals surface area contributed by atoms with Crippen LogP contribution in [0.5, 0.6) is 0 Å². The monoisotopic (exact) mass is 216 g/mol. The second kappa shape index (κ2) is 5.17. The van der Waals surface area contributed by atoms with Gasteiger partial charge >= 0.3 is 0 Å². The molecule has 3 heteroatoms. The summed E-state index contributed by atoms with van der Waals surface area (Å²) in [5.41, 5.74) is 0. The van der Waals surface area contributed by atoms with Crippen molar-refractivity contribution in [1.29, 1.82) is 0 Å². The Morgan fingerprint density at radius 1 is 1.43 bits per heavy atom. The molecule has 0 spiro atoms. The zero-order valence-electron chi connectivity index (χ0n) is 9.58. The maximum atomic E-state index is 10.8. The standard InChI is InChI=1S/C11H22NOS/c1-10-4-6-12(3,7-5-10)8-9-14-11(2)13/h10H,4-9H2,1-3H3/q+1. The van der Waals surface area contributed by atoms with Gasteiger partial charge in [-0.05, 0) is 18.8 Å². The molecule has 14 heavy (non-hydrogen) atoms. The van der Waals surface area contributed by atoms with E-state index in [0.29, 0.717) is 0 Å². The van der Waals surface area contributed by atoms with Crippen LogP contribution < -0.4 is 0 Å². The Morgan fingerprint density at radius 3 is 2.50 bits per heavy atom. The van der Waals surface area contributed by atoms with Crippen LogP contribution in [0.4, 0.5) is 0 Å². The van der Waals surface area contributed by atoms with Gasteiger partial charge in [0.25, 0.3) is 0 Å². The number of carbonyl (C=O) groups is 1. The minimum absolute atomic E-state index is 0.252. The molecule has 0 amide bonds. The number of hydrogen-bond acceptors (Lipinski definition) is 2. The Balaban J connectivity index is 2.25. The predicted molar refractivity (Wildman–Crippen MR) is 62.3 cm³/mol. The van der Waals surface area contributed by atoms with Gasteiger partial charge in [-0.2, -0.15) is 0 Å². The number of thioether (sulfide) groups is 1. The minimum atomic E-state index is 0.252. The minimum Gasteiger partial charge on any atom is -0.325 e. The molecule has 0 unspecified atom stereocenters. The van der Waals surface area contributed by atoms with Crippen molar-refractivity contribution in [3.8, 4) is 0 Å². The summed E-state index contributed by atoms with van der Waals surface area (Å²) in [5.74, 6) is 1.89. The van der Waals surface area contributed by atoms with E-state index in [0.717, 1.165) is 18.2 Å². The van der Waals surface area contributed by atoms with E-state index in [1.165, 1.54) is 42.2 Å². The maximum Gasteiger partial charge on any atom is 0.186 e. The van der Waals surface area contributed by atoms with Gasteiger partial charge in [0.1, 0.15) is 0 Å². The van der Waals surface area contributed by atoms with Gasteiger partial charge in [-0.1, -0.05) is 18.7 Å². The number of piperidine rings is 1. The summed E-state index contributed by atoms with van der Waals surface area (Å²) in [7, 11) is 2.33. The van der Waals surface area contributed by atoms with Crippen LogP contribution in [0.15, 0.2) is 0 Å². The molecule has 0 bridgehead atoms. The molecule has 1 aliphatic heterocycles. The van der Waals surface area contributed by atoms with Crippen LogP contribution >= 0.6 is 11.8 Å². The number of nitrogens with zero attached hydrogens (tertiary/aromatic N) is 1. The highest BCUT2D eigenvalue weighted by atomic mass is 32.2. The van der Waals surface area contributed by atoms with E-state index in [1.807, 2.05) is 0 Å². The number of quaternary nitrogens is 1. The molecule has 1 heterocycles. The maximum absolute atomic E-state index is 10.8. The van der Waals surface area contributed by atoms with Crippen molar-refractivity contribution in [2.45, 2.75) is 26.7 Å². The van der Waals surface area contributed by atoms with Crippen LogP contribution in [0.25, 0.3) is 0 Å². The van der Waals surface area contributed by atoms with Gasteiger partial charge < -0.3 is 4.48 Å². The first-order valence-electron chi connectivity index (χ1n) is 5.49. The average molecular weight is 216 g/mol. The molecule has 0 aliphatic carbocycles. The van der Waals surface area contributed by atoms with E-state index in [4.69, 9.17) is 0 Å². The molecule has 2 nitrogen and oxygen atoms in total. The van der Waals surface area contributed by atoms with Crippen molar-refractivity contribution in [2.75, 3.05) is 32.4 Å². The number of rotatable bonds is 3. The third kappa shape index (κ3) is 4.01. The van der Waals surface area contributed by atoms with Crippen molar-refractivity contribution in [1.82, 2.24) is 0 Å². The molecule has 0 atom stereocenters. The zero-order chi connectivity index (χ0) is 10.6. The molecule has 0 radical (unpaired) electrons. The fourth-order valence-corrected chi connectivity index (χ4v) is 2.77. The quantitative estimate of drug-likeness (QED) is 0.672. The van der Waals surface area contributed by atoms with Crippen LogP contribution in [0, 0.1) is 5.92 Å². The van der Waals surface area contributed by atoms with E-state index in [1.54, 1.807) is 6.92 Å². The topological polar surface area (TPSA) is 17.1 Å². The molecule has 0 saturated carbocycles. The third-order valence-corrected chi connectivity index (χ3v) is 4.05. The van der Waals surface area contributed by atoms with Gasteiger partial charge in [0.05, 0.1) is 32.4 Å². The molecule has 1 aliphatic rings. The number of hydrogen-bond donors (Lipinski definition) is 0. The van der Waals surface area contributed by atoms with Crippen molar-refractivity contribution < 1.29 is 9.28 Å². The highest BCUT2D eigenvalue weighted by molar-refractivity contribution is 8.13. The molecule has 1 rings (SSSR count). The summed E-state index contributed by atoms with van der Waals surface area (Å²) in [6, 6.07) is 0. The van der Waals surface area contributed by atoms with Crippen molar-refractivity contribution >= 4 is 16.9 Å². The molecule has 0 aromatic heterocycles. The Labute approximate surface area is 91.6 Å². The Hall–Kier alpha value is -0.0200. The lowest BCUT2D eigenvalue weighted by Gasteiger charge is -2.39. The number of likely N-dealkylation sites (tertiary alicyclic amines) is 1. The first-order valence-corrected chi connectivity index (χ1v) is 6.47. The fraction of sp³-hybridized carbons (Fsp3) is 0.909. The van der Waals surface area contributed by atoms with Gasteiger partial charge in [-0.15, -0.1) is 0 Å². The smallest absolute Gasteiger partial charge is 0.186 e. The van der Waals surface area contributed by atoms with Gasteiger partial charge in [-0.3, -0.25) is 4.79 Å². The van der Waals surface area contributed by atoms with Gasteiger partial charge in [0.2, 0.25) is 0 Å². The lowest BCUT2D eigenvalue weighted by atomic mass is 9.98. The second-order valence-corrected chi connectivity index (χ2v) is 6.08. The Bertz CT molecular complexity index is 197. The predicted octanol–water partition coefficient (Wildman–Crippen LogP) is 2.14.